The molecule has 2 rings (SSSR count). The molecule has 0 radical (unpaired) electrons. The summed E-state index contributed by atoms with van der Waals surface area (Å²) >= 11 is 1.46. The maximum Gasteiger partial charge on any atom is 0.261 e. The van der Waals surface area contributed by atoms with E-state index >= 15 is 0 Å². The van der Waals surface area contributed by atoms with Gasteiger partial charge >= 0.3 is 0 Å². The van der Waals surface area contributed by atoms with Gasteiger partial charge in [0.2, 0.25) is 0 Å². The van der Waals surface area contributed by atoms with Crippen molar-refractivity contribution in [3.63, 3.8) is 0 Å². The Morgan fingerprint density at radius 3 is 2.70 bits per heavy atom. The highest BCUT2D eigenvalue weighted by molar-refractivity contribution is 7.12. The van der Waals surface area contributed by atoms with E-state index in [2.05, 4.69) is 5.32 Å². The Bertz CT molecular complexity index is 592. The number of rotatable bonds is 5. The number of benzene rings is 1. The summed E-state index contributed by atoms with van der Waals surface area (Å²) in [6.45, 7) is 4.50. The van der Waals surface area contributed by atoms with E-state index in [1.54, 1.807) is 7.11 Å². The minimum absolute atomic E-state index is 0.0428. The van der Waals surface area contributed by atoms with E-state index in [9.17, 15) is 4.79 Å². The van der Waals surface area contributed by atoms with Gasteiger partial charge in [0.1, 0.15) is 0 Å². The molecule has 0 aliphatic heterocycles. The van der Waals surface area contributed by atoms with Gasteiger partial charge in [-0.2, -0.15) is 0 Å². The molecule has 0 saturated carbocycles. The minimum Gasteiger partial charge on any atom is -0.375 e. The Morgan fingerprint density at radius 2 is 2.10 bits per heavy atom. The monoisotopic (exact) mass is 289 g/mol. The smallest absolute Gasteiger partial charge is 0.261 e. The molecule has 1 amide bonds. The van der Waals surface area contributed by atoms with Gasteiger partial charge in [-0.3, -0.25) is 4.79 Å². The summed E-state index contributed by atoms with van der Waals surface area (Å²) < 4.78 is 5.50. The fraction of sp³-hybridized carbons (Fsp3) is 0.312. The molecule has 106 valence electrons. The number of amides is 1. The van der Waals surface area contributed by atoms with Crippen LogP contribution in [0.25, 0.3) is 0 Å². The summed E-state index contributed by atoms with van der Waals surface area (Å²) in [4.78, 5) is 12.8. The average molecular weight is 289 g/mol. The third-order valence-electron chi connectivity index (χ3n) is 3.22. The van der Waals surface area contributed by atoms with Crippen molar-refractivity contribution in [1.82, 2.24) is 5.32 Å². The summed E-state index contributed by atoms with van der Waals surface area (Å²) in [6, 6.07) is 9.96. The van der Waals surface area contributed by atoms with Crippen LogP contribution in [0.15, 0.2) is 35.7 Å². The number of hydrogen-bond donors (Lipinski definition) is 1. The molecule has 0 aliphatic carbocycles. The number of aryl methyl sites for hydroxylation is 2. The Morgan fingerprint density at radius 1 is 1.35 bits per heavy atom. The number of methoxy groups -OCH3 is 1. The molecule has 0 saturated heterocycles. The molecular formula is C16H19NO2S. The van der Waals surface area contributed by atoms with Crippen LogP contribution in [0, 0.1) is 13.8 Å². The molecule has 0 spiro atoms. The first-order valence-corrected chi connectivity index (χ1v) is 7.41. The largest absolute Gasteiger partial charge is 0.375 e. The van der Waals surface area contributed by atoms with Crippen molar-refractivity contribution in [2.75, 3.05) is 13.7 Å². The van der Waals surface area contributed by atoms with Gasteiger partial charge in [-0.25, -0.2) is 0 Å². The highest BCUT2D eigenvalue weighted by Gasteiger charge is 2.15. The lowest BCUT2D eigenvalue weighted by Crippen LogP contribution is -2.28. The first-order chi connectivity index (χ1) is 9.61. The van der Waals surface area contributed by atoms with Crippen LogP contribution >= 0.6 is 11.3 Å². The lowest BCUT2D eigenvalue weighted by molar-refractivity contribution is 0.0829. The van der Waals surface area contributed by atoms with Crippen molar-refractivity contribution in [2.24, 2.45) is 0 Å². The van der Waals surface area contributed by atoms with Gasteiger partial charge in [-0.15, -0.1) is 11.3 Å². The molecule has 20 heavy (non-hydrogen) atoms. The maximum absolute atomic E-state index is 12.0. The number of carbonyl (C=O) groups is 1. The Labute approximate surface area is 123 Å². The van der Waals surface area contributed by atoms with E-state index in [-0.39, 0.29) is 12.0 Å². The zero-order valence-electron chi connectivity index (χ0n) is 12.0. The molecular weight excluding hydrogens is 270 g/mol. The molecule has 0 bridgehead atoms. The van der Waals surface area contributed by atoms with Gasteiger partial charge in [-0.1, -0.05) is 24.3 Å². The number of thiophene rings is 1. The summed E-state index contributed by atoms with van der Waals surface area (Å²) in [5, 5.41) is 4.91. The van der Waals surface area contributed by atoms with Gasteiger partial charge in [0.25, 0.3) is 5.91 Å². The van der Waals surface area contributed by atoms with Crippen molar-refractivity contribution in [2.45, 2.75) is 20.0 Å². The van der Waals surface area contributed by atoms with Crippen molar-refractivity contribution in [3.05, 3.63) is 57.3 Å². The lowest BCUT2D eigenvalue weighted by Gasteiger charge is -2.18. The van der Waals surface area contributed by atoms with Gasteiger partial charge in [-0.05, 0) is 42.0 Å². The molecule has 1 atom stereocenters. The Balaban J connectivity index is 2.01. The van der Waals surface area contributed by atoms with Crippen LogP contribution in [0.1, 0.15) is 32.5 Å². The van der Waals surface area contributed by atoms with Crippen LogP contribution in [0.2, 0.25) is 0 Å². The SMILES string of the molecule is COC(CNC(=O)c1cc(C)cs1)c1ccccc1C. The predicted octanol–water partition coefficient (Wildman–Crippen LogP) is 3.48. The second-order valence-electron chi connectivity index (χ2n) is 4.78. The standard InChI is InChI=1S/C16H19NO2S/c1-11-8-15(20-10-11)16(18)17-9-14(19-3)13-7-5-4-6-12(13)2/h4-8,10,14H,9H2,1-3H3,(H,17,18). The second-order valence-corrected chi connectivity index (χ2v) is 5.69. The number of ether oxygens (including phenoxy) is 1. The summed E-state index contributed by atoms with van der Waals surface area (Å²) in [5.41, 5.74) is 3.39. The molecule has 0 aliphatic rings. The van der Waals surface area contributed by atoms with Crippen LogP contribution < -0.4 is 5.32 Å². The van der Waals surface area contributed by atoms with Gasteiger partial charge in [0, 0.05) is 13.7 Å². The fourth-order valence-corrected chi connectivity index (χ4v) is 2.91. The molecule has 3 nitrogen and oxygen atoms in total. The quantitative estimate of drug-likeness (QED) is 0.915. The van der Waals surface area contributed by atoms with Gasteiger partial charge in [0.15, 0.2) is 0 Å². The molecule has 1 aromatic heterocycles. The molecule has 1 N–H and O–H groups in total. The van der Waals surface area contributed by atoms with E-state index in [0.717, 1.165) is 16.0 Å². The van der Waals surface area contributed by atoms with Crippen molar-refractivity contribution in [1.29, 1.82) is 0 Å². The third-order valence-corrected chi connectivity index (χ3v) is 4.27. The average Bonchev–Trinajstić information content (AvgIpc) is 2.88. The normalized spacial score (nSPS) is 12.2. The molecule has 1 aromatic carbocycles. The van der Waals surface area contributed by atoms with Crippen molar-refractivity contribution < 1.29 is 9.53 Å². The van der Waals surface area contributed by atoms with E-state index in [4.69, 9.17) is 4.74 Å². The first-order valence-electron chi connectivity index (χ1n) is 6.53. The molecule has 0 fully saturated rings. The van der Waals surface area contributed by atoms with Crippen LogP contribution in [-0.4, -0.2) is 19.6 Å². The van der Waals surface area contributed by atoms with Gasteiger partial charge < -0.3 is 10.1 Å². The second kappa shape index (κ2) is 6.68. The molecule has 1 unspecified atom stereocenters. The highest BCUT2D eigenvalue weighted by atomic mass is 32.1. The summed E-state index contributed by atoms with van der Waals surface area (Å²) in [5.74, 6) is -0.0428. The van der Waals surface area contributed by atoms with E-state index < -0.39 is 0 Å². The highest BCUT2D eigenvalue weighted by Crippen LogP contribution is 2.20. The summed E-state index contributed by atoms with van der Waals surface area (Å²) in [7, 11) is 1.67. The number of hydrogen-bond acceptors (Lipinski definition) is 3. The first kappa shape index (κ1) is 14.8. The lowest BCUT2D eigenvalue weighted by atomic mass is 10.0. The van der Waals surface area contributed by atoms with Crippen molar-refractivity contribution >= 4 is 17.2 Å². The maximum atomic E-state index is 12.0. The van der Waals surface area contributed by atoms with E-state index in [0.29, 0.717) is 6.54 Å². The minimum atomic E-state index is -0.124. The Hall–Kier alpha value is -1.65. The predicted molar refractivity (Wildman–Crippen MR) is 82.3 cm³/mol. The number of nitrogens with one attached hydrogen (secondary N) is 1. The molecule has 1 heterocycles. The van der Waals surface area contributed by atoms with Crippen molar-refractivity contribution in [3.8, 4) is 0 Å². The van der Waals surface area contributed by atoms with Gasteiger partial charge in [0.05, 0.1) is 11.0 Å². The molecule has 4 heteroatoms. The number of carbonyl (C=O) groups excluding carboxylic acids is 1. The third kappa shape index (κ3) is 3.46. The summed E-state index contributed by atoms with van der Waals surface area (Å²) in [6.07, 6.45) is -0.124. The zero-order chi connectivity index (χ0) is 14.5. The Kier molecular flexibility index (Phi) is 4.93. The fourth-order valence-electron chi connectivity index (χ4n) is 2.09. The van der Waals surface area contributed by atoms with Crippen LogP contribution in [0.4, 0.5) is 0 Å². The molecule has 2 aromatic rings. The zero-order valence-corrected chi connectivity index (χ0v) is 12.8. The van der Waals surface area contributed by atoms with Crippen LogP contribution in [0.5, 0.6) is 0 Å². The topological polar surface area (TPSA) is 38.3 Å². The van der Waals surface area contributed by atoms with Crippen LogP contribution in [-0.2, 0) is 4.74 Å². The van der Waals surface area contributed by atoms with Crippen LogP contribution in [0.3, 0.4) is 0 Å². The van der Waals surface area contributed by atoms with E-state index in [1.165, 1.54) is 16.9 Å². The van der Waals surface area contributed by atoms with E-state index in [1.807, 2.05) is 49.6 Å².